The Morgan fingerprint density at radius 2 is 1.86 bits per heavy atom. The number of aryl methyl sites for hydroxylation is 1. The molecule has 0 atom stereocenters. The molecule has 0 aliphatic carbocycles. The van der Waals surface area contributed by atoms with Gasteiger partial charge in [0.1, 0.15) is 0 Å². The minimum atomic E-state index is -3.82. The normalized spacial score (nSPS) is 14.6. The van der Waals surface area contributed by atoms with Crippen molar-refractivity contribution in [1.29, 1.82) is 0 Å². The van der Waals surface area contributed by atoms with Crippen molar-refractivity contribution in [2.24, 2.45) is 0 Å². The van der Waals surface area contributed by atoms with Crippen LogP contribution in [0, 0.1) is 6.92 Å². The van der Waals surface area contributed by atoms with Crippen LogP contribution in [0.3, 0.4) is 0 Å². The highest BCUT2D eigenvalue weighted by atomic mass is 32.2. The number of carbonyl (C=O) groups excluding carboxylic acids is 2. The van der Waals surface area contributed by atoms with Crippen molar-refractivity contribution in [3.05, 3.63) is 48.0 Å². The summed E-state index contributed by atoms with van der Waals surface area (Å²) in [5.74, 6) is -0.173. The highest BCUT2D eigenvalue weighted by molar-refractivity contribution is 7.92. The van der Waals surface area contributed by atoms with Gasteiger partial charge >= 0.3 is 0 Å². The molecule has 0 aromatic heterocycles. The average molecular weight is 401 g/mol. The molecule has 1 heterocycles. The van der Waals surface area contributed by atoms with Crippen molar-refractivity contribution in [3.63, 3.8) is 0 Å². The molecule has 2 N–H and O–H groups in total. The summed E-state index contributed by atoms with van der Waals surface area (Å²) in [6.45, 7) is 3.70. The molecule has 0 radical (unpaired) electrons. The Balaban J connectivity index is 1.84. The fourth-order valence-corrected chi connectivity index (χ4v) is 4.54. The lowest BCUT2D eigenvalue weighted by atomic mass is 10.1. The summed E-state index contributed by atoms with van der Waals surface area (Å²) in [5, 5.41) is 2.63. The molecule has 1 saturated heterocycles. The van der Waals surface area contributed by atoms with Gasteiger partial charge in [0.15, 0.2) is 0 Å². The maximum absolute atomic E-state index is 12.8. The maximum Gasteiger partial charge on any atom is 0.262 e. The molecule has 2 aromatic rings. The monoisotopic (exact) mass is 401 g/mol. The zero-order chi connectivity index (χ0) is 20.3. The second kappa shape index (κ2) is 8.02. The number of carbonyl (C=O) groups is 2. The molecule has 0 saturated carbocycles. The molecule has 2 aromatic carbocycles. The molecule has 8 heteroatoms. The molecular formula is C20H23N3O4S. The van der Waals surface area contributed by atoms with Crippen LogP contribution in [0.1, 0.15) is 31.7 Å². The number of piperidine rings is 1. The lowest BCUT2D eigenvalue weighted by molar-refractivity contribution is -0.119. The van der Waals surface area contributed by atoms with Gasteiger partial charge in [0.25, 0.3) is 10.0 Å². The van der Waals surface area contributed by atoms with Gasteiger partial charge in [-0.2, -0.15) is 0 Å². The molecule has 0 spiro atoms. The van der Waals surface area contributed by atoms with Crippen LogP contribution in [-0.4, -0.2) is 26.8 Å². The standard InChI is InChI=1S/C20H23N3O4S/c1-14-12-16(21-15(2)24)9-10-19(14)28(26,27)22-17-6-5-7-18(13-17)23-11-4-3-8-20(23)25/h5-7,9-10,12-13,22H,3-4,8,11H2,1-2H3,(H,21,24). The summed E-state index contributed by atoms with van der Waals surface area (Å²) < 4.78 is 28.2. The first-order valence-corrected chi connectivity index (χ1v) is 10.6. The van der Waals surface area contributed by atoms with Crippen molar-refractivity contribution in [2.45, 2.75) is 38.0 Å². The van der Waals surface area contributed by atoms with Crippen LogP contribution in [0.2, 0.25) is 0 Å². The van der Waals surface area contributed by atoms with Crippen molar-refractivity contribution < 1.29 is 18.0 Å². The van der Waals surface area contributed by atoms with E-state index in [1.807, 2.05) is 0 Å². The van der Waals surface area contributed by atoms with E-state index in [0.29, 0.717) is 35.6 Å². The van der Waals surface area contributed by atoms with Crippen LogP contribution < -0.4 is 14.9 Å². The lowest BCUT2D eigenvalue weighted by Crippen LogP contribution is -2.35. The SMILES string of the molecule is CC(=O)Nc1ccc(S(=O)(=O)Nc2cccc(N3CCCCC3=O)c2)c(C)c1. The fourth-order valence-electron chi connectivity index (χ4n) is 3.26. The first-order valence-electron chi connectivity index (χ1n) is 9.08. The number of benzene rings is 2. The molecule has 2 amide bonds. The van der Waals surface area contributed by atoms with E-state index in [-0.39, 0.29) is 16.7 Å². The Morgan fingerprint density at radius 3 is 2.54 bits per heavy atom. The Kier molecular flexibility index (Phi) is 5.69. The number of nitrogens with one attached hydrogen (secondary N) is 2. The van der Waals surface area contributed by atoms with Gasteiger partial charge in [0.2, 0.25) is 11.8 Å². The first-order chi connectivity index (χ1) is 13.3. The van der Waals surface area contributed by atoms with Crippen LogP contribution >= 0.6 is 0 Å². The van der Waals surface area contributed by atoms with Gasteiger partial charge in [0.05, 0.1) is 10.6 Å². The predicted octanol–water partition coefficient (Wildman–Crippen LogP) is 3.27. The summed E-state index contributed by atoms with van der Waals surface area (Å²) in [6, 6.07) is 11.5. The zero-order valence-electron chi connectivity index (χ0n) is 15.9. The summed E-state index contributed by atoms with van der Waals surface area (Å²) >= 11 is 0. The van der Waals surface area contributed by atoms with E-state index in [1.165, 1.54) is 13.0 Å². The molecule has 0 unspecified atom stereocenters. The van der Waals surface area contributed by atoms with Crippen LogP contribution in [0.5, 0.6) is 0 Å². The summed E-state index contributed by atoms with van der Waals surface area (Å²) in [6.07, 6.45) is 2.33. The van der Waals surface area contributed by atoms with Crippen LogP contribution in [0.4, 0.5) is 17.1 Å². The second-order valence-electron chi connectivity index (χ2n) is 6.82. The molecule has 0 bridgehead atoms. The lowest BCUT2D eigenvalue weighted by Gasteiger charge is -2.27. The Hall–Kier alpha value is -2.87. The fraction of sp³-hybridized carbons (Fsp3) is 0.300. The summed E-state index contributed by atoms with van der Waals surface area (Å²) in [5.41, 5.74) is 2.12. The number of hydrogen-bond acceptors (Lipinski definition) is 4. The van der Waals surface area contributed by atoms with Gasteiger partial charge in [-0.25, -0.2) is 8.42 Å². The van der Waals surface area contributed by atoms with Crippen LogP contribution in [-0.2, 0) is 19.6 Å². The third-order valence-corrected chi connectivity index (χ3v) is 6.06. The van der Waals surface area contributed by atoms with E-state index < -0.39 is 10.0 Å². The van der Waals surface area contributed by atoms with Crippen molar-refractivity contribution in [2.75, 3.05) is 21.5 Å². The molecule has 7 nitrogen and oxygen atoms in total. The zero-order valence-corrected chi connectivity index (χ0v) is 16.7. The van der Waals surface area contributed by atoms with Gasteiger partial charge in [-0.15, -0.1) is 0 Å². The van der Waals surface area contributed by atoms with E-state index in [1.54, 1.807) is 48.2 Å². The Labute approximate surface area is 164 Å². The topological polar surface area (TPSA) is 95.6 Å². The van der Waals surface area contributed by atoms with Gasteiger partial charge < -0.3 is 10.2 Å². The number of rotatable bonds is 5. The van der Waals surface area contributed by atoms with Crippen molar-refractivity contribution in [3.8, 4) is 0 Å². The predicted molar refractivity (Wildman–Crippen MR) is 109 cm³/mol. The van der Waals surface area contributed by atoms with E-state index in [0.717, 1.165) is 12.8 Å². The summed E-state index contributed by atoms with van der Waals surface area (Å²) in [7, 11) is -3.82. The minimum absolute atomic E-state index is 0.0515. The number of amides is 2. The van der Waals surface area contributed by atoms with Crippen molar-refractivity contribution >= 4 is 38.9 Å². The number of nitrogens with zero attached hydrogens (tertiary/aromatic N) is 1. The summed E-state index contributed by atoms with van der Waals surface area (Å²) in [4.78, 5) is 25.1. The first kappa shape index (κ1) is 19.9. The Morgan fingerprint density at radius 1 is 1.07 bits per heavy atom. The highest BCUT2D eigenvalue weighted by Gasteiger charge is 2.21. The average Bonchev–Trinajstić information content (AvgIpc) is 2.61. The molecular weight excluding hydrogens is 378 g/mol. The van der Waals surface area contributed by atoms with Gasteiger partial charge in [-0.3, -0.25) is 14.3 Å². The van der Waals surface area contributed by atoms with E-state index in [4.69, 9.17) is 0 Å². The number of anilines is 3. The molecule has 1 fully saturated rings. The quantitative estimate of drug-likeness (QED) is 0.804. The van der Waals surface area contributed by atoms with Gasteiger partial charge in [0, 0.05) is 31.3 Å². The van der Waals surface area contributed by atoms with Crippen molar-refractivity contribution in [1.82, 2.24) is 0 Å². The maximum atomic E-state index is 12.8. The molecule has 28 heavy (non-hydrogen) atoms. The molecule has 148 valence electrons. The van der Waals surface area contributed by atoms with Crippen LogP contribution in [0.15, 0.2) is 47.4 Å². The van der Waals surface area contributed by atoms with Gasteiger partial charge in [-0.1, -0.05) is 6.07 Å². The minimum Gasteiger partial charge on any atom is -0.326 e. The Bertz CT molecular complexity index is 1020. The smallest absolute Gasteiger partial charge is 0.262 e. The third-order valence-electron chi connectivity index (χ3n) is 4.52. The number of hydrogen-bond donors (Lipinski definition) is 2. The molecule has 1 aliphatic rings. The van der Waals surface area contributed by atoms with Crippen LogP contribution in [0.25, 0.3) is 0 Å². The second-order valence-corrected chi connectivity index (χ2v) is 8.47. The van der Waals surface area contributed by atoms with E-state index >= 15 is 0 Å². The highest BCUT2D eigenvalue weighted by Crippen LogP contribution is 2.27. The number of sulfonamides is 1. The van der Waals surface area contributed by atoms with Gasteiger partial charge in [-0.05, 0) is 61.7 Å². The largest absolute Gasteiger partial charge is 0.326 e. The third kappa shape index (κ3) is 4.51. The van der Waals surface area contributed by atoms with E-state index in [9.17, 15) is 18.0 Å². The molecule has 3 rings (SSSR count). The molecule has 1 aliphatic heterocycles. The van der Waals surface area contributed by atoms with E-state index in [2.05, 4.69) is 10.0 Å².